The molecule has 20 heteroatoms. The third kappa shape index (κ3) is 6.20. The number of hydrogen-bond donors (Lipinski definition) is 10. The van der Waals surface area contributed by atoms with Crippen LogP contribution in [0.25, 0.3) is 0 Å². The number of phosphoric ester groups is 1. The fourth-order valence-electron chi connectivity index (χ4n) is 3.91. The number of anilines is 1. The second-order valence-corrected chi connectivity index (χ2v) is 10.0. The third-order valence-electron chi connectivity index (χ3n) is 5.96. The number of hydrogen-bond acceptors (Lipinski definition) is 16. The zero-order valence-corrected chi connectivity index (χ0v) is 20.3. The van der Waals surface area contributed by atoms with E-state index in [0.29, 0.717) is 0 Å². The lowest BCUT2D eigenvalue weighted by atomic mass is 9.91. The molecule has 0 spiro atoms. The van der Waals surface area contributed by atoms with Gasteiger partial charge < -0.3 is 61.6 Å². The van der Waals surface area contributed by atoms with Gasteiger partial charge in [0, 0.05) is 19.2 Å². The summed E-state index contributed by atoms with van der Waals surface area (Å²) in [6.07, 6.45) is -16.3. The van der Waals surface area contributed by atoms with Crippen molar-refractivity contribution in [3.8, 4) is 0 Å². The number of ether oxygens (including phenoxy) is 2. The normalized spacial score (nSPS) is 36.9. The molecule has 0 radical (unpaired) electrons. The SMILES string of the molecule is NC[C@@H](O)[C@@H](O)C1O[C@](OP(=O)(O)OC[C@H]2O[C@@H](n3ccc(N)nc3=O)[C@@H](O)[C@H]2O)(C(=O)O)CC(O)[C@H]1O. The Balaban J connectivity index is 1.74. The van der Waals surface area contributed by atoms with E-state index in [1.54, 1.807) is 0 Å². The van der Waals surface area contributed by atoms with E-state index in [1.807, 2.05) is 0 Å². The summed E-state index contributed by atoms with van der Waals surface area (Å²) in [6.45, 7) is -1.54. The summed E-state index contributed by atoms with van der Waals surface area (Å²) in [7, 11) is -5.46. The van der Waals surface area contributed by atoms with Crippen molar-refractivity contribution < 1.29 is 68.5 Å². The van der Waals surface area contributed by atoms with Gasteiger partial charge in [-0.25, -0.2) is 18.7 Å². The van der Waals surface area contributed by atoms with E-state index in [9.17, 15) is 54.8 Å². The second-order valence-electron chi connectivity index (χ2n) is 8.64. The highest BCUT2D eigenvalue weighted by atomic mass is 31.2. The van der Waals surface area contributed by atoms with Gasteiger partial charge in [0.05, 0.1) is 18.8 Å². The smallest absolute Gasteiger partial charge is 0.475 e. The number of nitrogens with zero attached hydrogens (tertiary/aromatic N) is 2. The van der Waals surface area contributed by atoms with Gasteiger partial charge in [0.1, 0.15) is 42.4 Å². The van der Waals surface area contributed by atoms with Gasteiger partial charge in [-0.1, -0.05) is 0 Å². The molecule has 3 rings (SSSR count). The highest BCUT2D eigenvalue weighted by molar-refractivity contribution is 7.47. The second kappa shape index (κ2) is 11.6. The summed E-state index contributed by atoms with van der Waals surface area (Å²) in [5, 5.41) is 70.4. The molecule has 38 heavy (non-hydrogen) atoms. The number of rotatable bonds is 10. The molecule has 19 nitrogen and oxygen atoms in total. The van der Waals surface area contributed by atoms with Crippen molar-refractivity contribution in [2.24, 2.45) is 5.73 Å². The molecule has 2 saturated heterocycles. The summed E-state index contributed by atoms with van der Waals surface area (Å²) in [6, 6.07) is 1.21. The molecule has 12 N–H and O–H groups in total. The van der Waals surface area contributed by atoms with Gasteiger partial charge in [0.25, 0.3) is 5.79 Å². The van der Waals surface area contributed by atoms with E-state index in [0.717, 1.165) is 10.8 Å². The van der Waals surface area contributed by atoms with Crippen LogP contribution in [0.15, 0.2) is 17.1 Å². The Bertz CT molecular complexity index is 1110. The van der Waals surface area contributed by atoms with E-state index in [1.165, 1.54) is 6.07 Å². The molecule has 216 valence electrons. The number of carboxylic acid groups (broad SMARTS) is 1. The number of carboxylic acids is 1. The van der Waals surface area contributed by atoms with Crippen molar-refractivity contribution in [2.45, 2.75) is 67.3 Å². The van der Waals surface area contributed by atoms with E-state index in [-0.39, 0.29) is 5.82 Å². The number of aromatic nitrogens is 2. The number of aliphatic hydroxyl groups is 6. The number of carbonyl (C=O) groups is 1. The van der Waals surface area contributed by atoms with Crippen LogP contribution in [-0.4, -0.2) is 124 Å². The predicted octanol–water partition coefficient (Wildman–Crippen LogP) is -5.45. The Hall–Kier alpha value is -2.10. The number of phosphoric acid groups is 1. The lowest BCUT2D eigenvalue weighted by molar-refractivity contribution is -0.306. The minimum atomic E-state index is -5.46. The van der Waals surface area contributed by atoms with Gasteiger partial charge in [-0.15, -0.1) is 0 Å². The first kappa shape index (κ1) is 30.4. The average Bonchev–Trinajstić information content (AvgIpc) is 3.12. The molecule has 2 fully saturated rings. The molecule has 2 aliphatic rings. The Labute approximate surface area is 213 Å². The van der Waals surface area contributed by atoms with Crippen LogP contribution in [-0.2, 0) is 27.9 Å². The number of nitrogen functional groups attached to an aromatic ring is 1. The Morgan fingerprint density at radius 1 is 1.26 bits per heavy atom. The third-order valence-corrected chi connectivity index (χ3v) is 6.96. The molecule has 3 heterocycles. The minimum Gasteiger partial charge on any atom is -0.477 e. The monoisotopic (exact) mass is 572 g/mol. The van der Waals surface area contributed by atoms with Gasteiger partial charge >= 0.3 is 19.5 Å². The minimum absolute atomic E-state index is 0.125. The van der Waals surface area contributed by atoms with Crippen LogP contribution in [0, 0.1) is 0 Å². The highest BCUT2D eigenvalue weighted by Gasteiger charge is 2.58. The molecular weight excluding hydrogens is 543 g/mol. The first-order chi connectivity index (χ1) is 17.6. The van der Waals surface area contributed by atoms with Gasteiger partial charge in [0.2, 0.25) is 0 Å². The quantitative estimate of drug-likeness (QED) is 0.117. The first-order valence-electron chi connectivity index (χ1n) is 11.0. The molecule has 0 aliphatic carbocycles. The van der Waals surface area contributed by atoms with Crippen LogP contribution in [0.2, 0.25) is 0 Å². The number of aliphatic carboxylic acids is 1. The predicted molar refractivity (Wildman–Crippen MR) is 119 cm³/mol. The molecule has 3 unspecified atom stereocenters. The van der Waals surface area contributed by atoms with Gasteiger partial charge in [-0.05, 0) is 6.07 Å². The van der Waals surface area contributed by atoms with Crippen molar-refractivity contribution in [1.29, 1.82) is 0 Å². The van der Waals surface area contributed by atoms with Crippen molar-refractivity contribution >= 4 is 19.6 Å². The lowest BCUT2D eigenvalue weighted by Crippen LogP contribution is -2.63. The zero-order chi connectivity index (χ0) is 28.6. The zero-order valence-electron chi connectivity index (χ0n) is 19.4. The van der Waals surface area contributed by atoms with Crippen LogP contribution in [0.3, 0.4) is 0 Å². The van der Waals surface area contributed by atoms with Crippen molar-refractivity contribution in [1.82, 2.24) is 9.55 Å². The van der Waals surface area contributed by atoms with E-state index >= 15 is 0 Å². The summed E-state index contributed by atoms with van der Waals surface area (Å²) in [5.74, 6) is -5.35. The van der Waals surface area contributed by atoms with E-state index < -0.39 is 99.9 Å². The Kier molecular flexibility index (Phi) is 9.26. The maximum Gasteiger partial charge on any atom is 0.475 e. The Morgan fingerprint density at radius 2 is 1.92 bits per heavy atom. The standard InChI is InChI=1S/C18H29N4O15P/c19-4-7(24)11(26)14-10(25)6(23)3-18(36-14,16(29)30)37-38(32,33)34-5-8-12(27)13(28)15(35-8)22-2-1-9(20)21-17(22)31/h1-2,6-8,10-15,23-28H,3-5,19H2,(H,29,30)(H,32,33)(H2,20,21,31)/t6?,7-,8-,10-,11-,12+,13+,14?,15-,18-/m1/s1. The largest absolute Gasteiger partial charge is 0.477 e. The van der Waals surface area contributed by atoms with Crippen LogP contribution < -0.4 is 17.2 Å². The van der Waals surface area contributed by atoms with Crippen LogP contribution in [0.5, 0.6) is 0 Å². The maximum atomic E-state index is 12.6. The summed E-state index contributed by atoms with van der Waals surface area (Å²) >= 11 is 0. The first-order valence-corrected chi connectivity index (χ1v) is 12.5. The molecule has 0 bridgehead atoms. The van der Waals surface area contributed by atoms with Crippen molar-refractivity contribution in [2.75, 3.05) is 18.9 Å². The highest BCUT2D eigenvalue weighted by Crippen LogP contribution is 2.51. The molecule has 0 amide bonds. The molecule has 0 saturated carbocycles. The number of aliphatic hydroxyl groups excluding tert-OH is 6. The fourth-order valence-corrected chi connectivity index (χ4v) is 4.87. The van der Waals surface area contributed by atoms with E-state index in [2.05, 4.69) is 4.98 Å². The van der Waals surface area contributed by atoms with Crippen molar-refractivity contribution in [3.63, 3.8) is 0 Å². The van der Waals surface area contributed by atoms with E-state index in [4.69, 9.17) is 30.0 Å². The summed E-state index contributed by atoms with van der Waals surface area (Å²) < 4.78 is 33.3. The van der Waals surface area contributed by atoms with Crippen LogP contribution in [0.4, 0.5) is 5.82 Å². The number of nitrogens with two attached hydrogens (primary N) is 2. The molecule has 2 aliphatic heterocycles. The van der Waals surface area contributed by atoms with Gasteiger partial charge in [-0.3, -0.25) is 9.09 Å². The fraction of sp³-hybridized carbons (Fsp3) is 0.722. The van der Waals surface area contributed by atoms with Crippen LogP contribution >= 0.6 is 7.82 Å². The molecule has 11 atom stereocenters. The molecule has 1 aromatic rings. The lowest BCUT2D eigenvalue weighted by Gasteiger charge is -2.44. The van der Waals surface area contributed by atoms with Gasteiger partial charge in [0.15, 0.2) is 6.23 Å². The topological polar surface area (TPSA) is 320 Å². The van der Waals surface area contributed by atoms with Crippen LogP contribution in [0.1, 0.15) is 12.6 Å². The Morgan fingerprint density at radius 3 is 2.50 bits per heavy atom. The van der Waals surface area contributed by atoms with Crippen molar-refractivity contribution in [3.05, 3.63) is 22.7 Å². The molecule has 0 aromatic carbocycles. The van der Waals surface area contributed by atoms with Gasteiger partial charge in [-0.2, -0.15) is 4.98 Å². The summed E-state index contributed by atoms with van der Waals surface area (Å²) in [5.41, 5.74) is 9.69. The maximum absolute atomic E-state index is 12.6. The average molecular weight is 572 g/mol. The summed E-state index contributed by atoms with van der Waals surface area (Å²) in [4.78, 5) is 37.7. The molecular formula is C18H29N4O15P. The molecule has 1 aromatic heterocycles.